The molecule has 0 radical (unpaired) electrons. The van der Waals surface area contributed by atoms with Gasteiger partial charge in [-0.25, -0.2) is 0 Å². The Morgan fingerprint density at radius 2 is 1.50 bits per heavy atom. The highest BCUT2D eigenvalue weighted by Gasteiger charge is 2.25. The average molecular weight is 493 g/mol. The molecule has 36 heavy (non-hydrogen) atoms. The molecular weight excluding hydrogens is 468 g/mol. The Kier molecular flexibility index (Phi) is 5.82. The molecule has 6 rings (SSSR count). The zero-order valence-corrected chi connectivity index (χ0v) is 20.4. The van der Waals surface area contributed by atoms with E-state index in [-0.39, 0.29) is 23.4 Å². The molecule has 4 aromatic rings. The molecule has 178 valence electrons. The predicted molar refractivity (Wildman–Crippen MR) is 144 cm³/mol. The van der Waals surface area contributed by atoms with Crippen LogP contribution in [0.15, 0.2) is 83.8 Å². The first-order valence-corrected chi connectivity index (χ1v) is 13.1. The number of rotatable bonds is 5. The van der Waals surface area contributed by atoms with Gasteiger partial charge in [0.15, 0.2) is 5.78 Å². The van der Waals surface area contributed by atoms with Crippen LogP contribution in [0, 0.1) is 0 Å². The van der Waals surface area contributed by atoms with Gasteiger partial charge in [0.2, 0.25) is 5.91 Å². The first-order chi connectivity index (χ1) is 17.6. The minimum atomic E-state index is -0.125. The van der Waals surface area contributed by atoms with Crippen molar-refractivity contribution in [2.45, 2.75) is 17.7 Å². The number of carbonyl (C=O) groups excluding carboxylic acids is 3. The second kappa shape index (κ2) is 9.28. The van der Waals surface area contributed by atoms with Crippen molar-refractivity contribution in [2.24, 2.45) is 0 Å². The highest BCUT2D eigenvalue weighted by atomic mass is 32.2. The summed E-state index contributed by atoms with van der Waals surface area (Å²) in [6.07, 6.45) is 2.11. The lowest BCUT2D eigenvalue weighted by Crippen LogP contribution is -2.27. The number of anilines is 1. The van der Waals surface area contributed by atoms with E-state index in [4.69, 9.17) is 0 Å². The molecule has 6 heteroatoms. The van der Waals surface area contributed by atoms with Crippen molar-refractivity contribution >= 4 is 45.8 Å². The van der Waals surface area contributed by atoms with Gasteiger partial charge >= 0.3 is 0 Å². The van der Waals surface area contributed by atoms with Gasteiger partial charge in [-0.05, 0) is 59.7 Å². The van der Waals surface area contributed by atoms with Gasteiger partial charge in [-0.2, -0.15) is 0 Å². The Labute approximate surface area is 213 Å². The SMILES string of the molecule is O=C(CSc1ccc2c3c(cccc13)C(=O)c1ccccc1-2)Nc1ccc(C(=O)N2CCCC2)cc1. The van der Waals surface area contributed by atoms with Crippen LogP contribution in [-0.2, 0) is 4.79 Å². The molecule has 0 aromatic heterocycles. The third-order valence-electron chi connectivity index (χ3n) is 6.87. The number of hydrogen-bond donors (Lipinski definition) is 1. The van der Waals surface area contributed by atoms with Gasteiger partial charge in [0.05, 0.1) is 5.75 Å². The fraction of sp³-hybridized carbons (Fsp3) is 0.167. The topological polar surface area (TPSA) is 66.5 Å². The van der Waals surface area contributed by atoms with Crippen molar-refractivity contribution in [3.8, 4) is 11.1 Å². The van der Waals surface area contributed by atoms with Gasteiger partial charge in [0.25, 0.3) is 5.91 Å². The highest BCUT2D eigenvalue weighted by molar-refractivity contribution is 8.00. The first kappa shape index (κ1) is 22.6. The Morgan fingerprint density at radius 3 is 2.28 bits per heavy atom. The summed E-state index contributed by atoms with van der Waals surface area (Å²) in [6, 6.07) is 24.7. The molecule has 2 aliphatic rings. The van der Waals surface area contributed by atoms with E-state index in [0.717, 1.165) is 58.3 Å². The van der Waals surface area contributed by atoms with Gasteiger partial charge in [-0.3, -0.25) is 14.4 Å². The van der Waals surface area contributed by atoms with Crippen LogP contribution >= 0.6 is 11.8 Å². The molecule has 0 unspecified atom stereocenters. The van der Waals surface area contributed by atoms with Crippen LogP contribution in [0.4, 0.5) is 5.69 Å². The molecule has 5 nitrogen and oxygen atoms in total. The lowest BCUT2D eigenvalue weighted by atomic mass is 9.83. The fourth-order valence-electron chi connectivity index (χ4n) is 5.12. The molecule has 0 saturated carbocycles. The zero-order chi connectivity index (χ0) is 24.6. The maximum Gasteiger partial charge on any atom is 0.253 e. The fourth-order valence-corrected chi connectivity index (χ4v) is 5.97. The van der Waals surface area contributed by atoms with Crippen LogP contribution in [0.1, 0.15) is 39.1 Å². The smallest absolute Gasteiger partial charge is 0.253 e. The average Bonchev–Trinajstić information content (AvgIpc) is 3.46. The van der Waals surface area contributed by atoms with Crippen LogP contribution in [0.25, 0.3) is 21.9 Å². The van der Waals surface area contributed by atoms with Crippen LogP contribution in [0.5, 0.6) is 0 Å². The van der Waals surface area contributed by atoms with Gasteiger partial charge in [0.1, 0.15) is 0 Å². The Balaban J connectivity index is 1.18. The minimum absolute atomic E-state index is 0.0373. The summed E-state index contributed by atoms with van der Waals surface area (Å²) in [5.74, 6) is 0.193. The molecular formula is C30H24N2O3S. The van der Waals surface area contributed by atoms with Crippen molar-refractivity contribution in [3.63, 3.8) is 0 Å². The van der Waals surface area contributed by atoms with Crippen LogP contribution in [0.2, 0.25) is 0 Å². The minimum Gasteiger partial charge on any atom is -0.339 e. The number of fused-ring (bicyclic) bond motifs is 2. The number of nitrogens with zero attached hydrogens (tertiary/aromatic N) is 1. The van der Waals surface area contributed by atoms with E-state index in [1.165, 1.54) is 11.8 Å². The van der Waals surface area contributed by atoms with Crippen molar-refractivity contribution in [1.82, 2.24) is 4.90 Å². The van der Waals surface area contributed by atoms with Crippen molar-refractivity contribution < 1.29 is 14.4 Å². The number of thioether (sulfide) groups is 1. The van der Waals surface area contributed by atoms with Gasteiger partial charge in [-0.1, -0.05) is 48.5 Å². The summed E-state index contributed by atoms with van der Waals surface area (Å²) < 4.78 is 0. The second-order valence-corrected chi connectivity index (χ2v) is 10.1. The number of benzene rings is 4. The molecule has 1 fully saturated rings. The maximum atomic E-state index is 13.1. The molecule has 1 heterocycles. The number of ketones is 1. The number of nitrogens with one attached hydrogen (secondary N) is 1. The lowest BCUT2D eigenvalue weighted by molar-refractivity contribution is -0.113. The van der Waals surface area contributed by atoms with Gasteiger partial charge in [-0.15, -0.1) is 11.8 Å². The molecule has 0 bridgehead atoms. The summed E-state index contributed by atoms with van der Waals surface area (Å²) in [4.78, 5) is 41.2. The number of likely N-dealkylation sites (tertiary alicyclic amines) is 1. The first-order valence-electron chi connectivity index (χ1n) is 12.1. The number of hydrogen-bond acceptors (Lipinski definition) is 4. The molecule has 0 atom stereocenters. The monoisotopic (exact) mass is 492 g/mol. The Bertz CT molecular complexity index is 1520. The summed E-state index contributed by atoms with van der Waals surface area (Å²) in [5, 5.41) is 4.85. The predicted octanol–water partition coefficient (Wildman–Crippen LogP) is 6.02. The molecule has 2 amide bonds. The van der Waals surface area contributed by atoms with E-state index in [1.54, 1.807) is 24.3 Å². The highest BCUT2D eigenvalue weighted by Crippen LogP contribution is 2.42. The van der Waals surface area contributed by atoms with Crippen LogP contribution in [-0.4, -0.2) is 41.3 Å². The number of carbonyl (C=O) groups is 3. The Morgan fingerprint density at radius 1 is 0.778 bits per heavy atom. The number of amides is 2. The molecule has 1 aliphatic heterocycles. The summed E-state index contributed by atoms with van der Waals surface area (Å²) in [7, 11) is 0. The van der Waals surface area contributed by atoms with E-state index < -0.39 is 0 Å². The molecule has 0 spiro atoms. The molecule has 1 saturated heterocycles. The van der Waals surface area contributed by atoms with E-state index in [9.17, 15) is 14.4 Å². The van der Waals surface area contributed by atoms with E-state index in [2.05, 4.69) is 5.32 Å². The van der Waals surface area contributed by atoms with Crippen molar-refractivity contribution in [1.29, 1.82) is 0 Å². The molecule has 1 N–H and O–H groups in total. The van der Waals surface area contributed by atoms with Crippen LogP contribution < -0.4 is 5.32 Å². The zero-order valence-electron chi connectivity index (χ0n) is 19.6. The van der Waals surface area contributed by atoms with Gasteiger partial charge < -0.3 is 10.2 Å². The summed E-state index contributed by atoms with van der Waals surface area (Å²) in [5.41, 5.74) is 4.74. The van der Waals surface area contributed by atoms with E-state index in [1.807, 2.05) is 59.5 Å². The van der Waals surface area contributed by atoms with Gasteiger partial charge in [0, 0.05) is 45.7 Å². The quantitative estimate of drug-likeness (QED) is 0.305. The summed E-state index contributed by atoms with van der Waals surface area (Å²) >= 11 is 1.45. The third kappa shape index (κ3) is 3.97. The van der Waals surface area contributed by atoms with Crippen molar-refractivity contribution in [3.05, 3.63) is 95.6 Å². The van der Waals surface area contributed by atoms with Crippen molar-refractivity contribution in [2.75, 3.05) is 24.2 Å². The largest absolute Gasteiger partial charge is 0.339 e. The van der Waals surface area contributed by atoms with E-state index in [0.29, 0.717) is 16.8 Å². The maximum absolute atomic E-state index is 13.1. The summed E-state index contributed by atoms with van der Waals surface area (Å²) in [6.45, 7) is 1.62. The lowest BCUT2D eigenvalue weighted by Gasteiger charge is -2.21. The van der Waals surface area contributed by atoms with Crippen LogP contribution in [0.3, 0.4) is 0 Å². The second-order valence-electron chi connectivity index (χ2n) is 9.13. The molecule has 4 aromatic carbocycles. The Hall–Kier alpha value is -3.90. The third-order valence-corrected chi connectivity index (χ3v) is 7.95. The molecule has 1 aliphatic carbocycles. The standard InChI is InChI=1S/C30H24N2O3S/c33-27(31-20-12-10-19(11-13-20)30(35)32-16-3-4-17-32)18-36-26-15-14-22-21-6-1-2-7-23(21)29(34)25-9-5-8-24(26)28(22)25/h1-2,5-15H,3-4,16-18H2,(H,31,33). The van der Waals surface area contributed by atoms with E-state index >= 15 is 0 Å². The normalized spacial score (nSPS) is 14.1.